The fraction of sp³-hybridized carbons (Fsp3) is 0.311. The van der Waals surface area contributed by atoms with Gasteiger partial charge in [-0.2, -0.15) is 25.8 Å². The van der Waals surface area contributed by atoms with E-state index >= 15 is 50.5 Å². The summed E-state index contributed by atoms with van der Waals surface area (Å²) in [6.07, 6.45) is 0. The molecule has 19 nitrogen and oxygen atoms in total. The zero-order valence-corrected chi connectivity index (χ0v) is 53.9. The zero-order valence-electron chi connectivity index (χ0n) is 49.0. The zero-order chi connectivity index (χ0) is 62.4. The van der Waals surface area contributed by atoms with E-state index in [1.54, 1.807) is 133 Å². The average molecular weight is 1290 g/mol. The van der Waals surface area contributed by atoms with Crippen molar-refractivity contribution in [1.82, 2.24) is 25.8 Å². The first-order valence-corrected chi connectivity index (χ1v) is 36.2. The summed E-state index contributed by atoms with van der Waals surface area (Å²) >= 11 is 0. The second kappa shape index (κ2) is 27.0. The standard InChI is InChI=1S/C61H72N6O13S6/c1-47-11-23-55(24-12-47)81(68,69)62-35-36-63(82(70,71)56-25-13-48(2)14-26-56)38-40-65(84(74,75)58-29-17-50(4)18-30-58)42-44-67(86(78,79)60-33-21-52(6)22-34-60)46-54-10-8-9-53(61(54)80-7)45-66(85(76,77)59-31-19-51(5)20-32-59)43-41-64(39-37-62)83(72,73)57-27-15-49(3)16-28-57/h8-34H,35-46H2,1-7H3. The van der Waals surface area contributed by atoms with Gasteiger partial charge in [0.15, 0.2) is 0 Å². The van der Waals surface area contributed by atoms with Gasteiger partial charge in [-0.05, 0) is 114 Å². The van der Waals surface area contributed by atoms with Crippen molar-refractivity contribution in [3.63, 3.8) is 0 Å². The highest BCUT2D eigenvalue weighted by molar-refractivity contribution is 7.90. The number of aryl methyl sites for hydroxylation is 6. The van der Waals surface area contributed by atoms with Gasteiger partial charge >= 0.3 is 0 Å². The number of fused-ring (bicyclic) bond motifs is 2. The number of rotatable bonds is 13. The molecule has 7 aromatic rings. The second-order valence-corrected chi connectivity index (χ2v) is 32.9. The van der Waals surface area contributed by atoms with Gasteiger partial charge in [0.25, 0.3) is 0 Å². The van der Waals surface area contributed by atoms with Crippen molar-refractivity contribution in [2.75, 3.05) is 72.6 Å². The van der Waals surface area contributed by atoms with E-state index in [0.717, 1.165) is 59.2 Å². The topological polar surface area (TPSA) is 234 Å². The summed E-state index contributed by atoms with van der Waals surface area (Å²) in [6, 6.07) is 40.6. The number of ether oxygens (including phenoxy) is 1. The molecule has 0 saturated heterocycles. The van der Waals surface area contributed by atoms with Crippen LogP contribution in [0.5, 0.6) is 5.75 Å². The van der Waals surface area contributed by atoms with Crippen LogP contribution in [0.4, 0.5) is 0 Å². The monoisotopic (exact) mass is 1290 g/mol. The molecule has 25 heteroatoms. The quantitative estimate of drug-likeness (QED) is 0.108. The van der Waals surface area contributed by atoms with Crippen LogP contribution in [0.25, 0.3) is 0 Å². The smallest absolute Gasteiger partial charge is 0.243 e. The van der Waals surface area contributed by atoms with Crippen molar-refractivity contribution >= 4 is 60.1 Å². The Morgan fingerprint density at radius 1 is 0.256 bits per heavy atom. The van der Waals surface area contributed by atoms with Gasteiger partial charge in [0.1, 0.15) is 5.75 Å². The lowest BCUT2D eigenvalue weighted by atomic mass is 10.1. The van der Waals surface area contributed by atoms with E-state index in [1.807, 2.05) is 0 Å². The Balaban J connectivity index is 1.35. The van der Waals surface area contributed by atoms with Crippen LogP contribution < -0.4 is 4.74 Å². The molecule has 0 saturated carbocycles. The maximum absolute atomic E-state index is 15.1. The molecule has 0 unspecified atom stereocenters. The van der Waals surface area contributed by atoms with Crippen molar-refractivity contribution < 1.29 is 55.2 Å². The molecule has 460 valence electrons. The third kappa shape index (κ3) is 15.0. The molecule has 1 heterocycles. The first-order valence-electron chi connectivity index (χ1n) is 27.6. The van der Waals surface area contributed by atoms with Crippen LogP contribution in [-0.4, -0.2) is 149 Å². The number of benzene rings is 7. The highest BCUT2D eigenvalue weighted by Gasteiger charge is 2.37. The summed E-state index contributed by atoms with van der Waals surface area (Å²) in [5, 5.41) is 0. The number of sulfonamides is 6. The summed E-state index contributed by atoms with van der Waals surface area (Å²) in [5.41, 5.74) is 4.96. The summed E-state index contributed by atoms with van der Waals surface area (Å²) in [7, 11) is -26.2. The Morgan fingerprint density at radius 3 is 0.593 bits per heavy atom. The predicted octanol–water partition coefficient (Wildman–Crippen LogP) is 7.70. The van der Waals surface area contributed by atoms with Crippen molar-refractivity contribution in [2.24, 2.45) is 0 Å². The molecule has 0 fully saturated rings. The minimum absolute atomic E-state index is 0.0776. The summed E-state index contributed by atoms with van der Waals surface area (Å²) < 4.78 is 193. The number of para-hydroxylation sites is 1. The van der Waals surface area contributed by atoms with Gasteiger partial charge in [-0.15, -0.1) is 0 Å². The number of methoxy groups -OCH3 is 1. The summed E-state index contributed by atoms with van der Waals surface area (Å²) in [5.74, 6) is 0.0776. The first-order chi connectivity index (χ1) is 40.5. The number of hydrogen-bond donors (Lipinski definition) is 0. The van der Waals surface area contributed by atoms with Crippen molar-refractivity contribution in [2.45, 2.75) is 84.0 Å². The maximum Gasteiger partial charge on any atom is 0.243 e. The summed E-state index contributed by atoms with van der Waals surface area (Å²) in [6.45, 7) is 4.13. The van der Waals surface area contributed by atoms with E-state index in [2.05, 4.69) is 0 Å². The van der Waals surface area contributed by atoms with Crippen molar-refractivity contribution in [3.8, 4) is 5.75 Å². The maximum atomic E-state index is 15.1. The minimum Gasteiger partial charge on any atom is -0.496 e. The third-order valence-electron chi connectivity index (χ3n) is 15.0. The van der Waals surface area contributed by atoms with Crippen molar-refractivity contribution in [1.29, 1.82) is 0 Å². The molecule has 2 bridgehead atoms. The van der Waals surface area contributed by atoms with E-state index in [-0.39, 0.29) is 46.2 Å². The lowest BCUT2D eigenvalue weighted by Gasteiger charge is -2.31. The molecule has 0 N–H and O–H groups in total. The SMILES string of the molecule is COc1c2cccc1CN(S(=O)(=O)c1ccc(C)cc1)CCN(S(=O)(=O)c1ccc(C)cc1)CCN(S(=O)(=O)c1ccc(C)cc1)CCN(S(=O)(=O)c1ccc(C)cc1)CCN(S(=O)(=O)c1ccc(C)cc1)CCN(S(=O)(=O)c1ccc(C)cc1)C2. The van der Waals surface area contributed by atoms with E-state index in [4.69, 9.17) is 4.74 Å². The molecular formula is C61H72N6O13S6. The Hall–Kier alpha value is -6.20. The highest BCUT2D eigenvalue weighted by Crippen LogP contribution is 2.32. The lowest BCUT2D eigenvalue weighted by molar-refractivity contribution is 0.288. The van der Waals surface area contributed by atoms with Crippen LogP contribution in [0.3, 0.4) is 0 Å². The molecule has 86 heavy (non-hydrogen) atoms. The molecule has 0 radical (unpaired) electrons. The van der Waals surface area contributed by atoms with Crippen LogP contribution in [0.2, 0.25) is 0 Å². The van der Waals surface area contributed by atoms with Gasteiger partial charge in [0.05, 0.1) is 36.5 Å². The Bertz CT molecular complexity index is 3950. The molecule has 1 aliphatic rings. The van der Waals surface area contributed by atoms with E-state index in [0.29, 0.717) is 0 Å². The molecule has 0 spiro atoms. The Kier molecular flexibility index (Phi) is 20.7. The third-order valence-corrected chi connectivity index (χ3v) is 26.4. The lowest BCUT2D eigenvalue weighted by Crippen LogP contribution is -2.48. The van der Waals surface area contributed by atoms with Gasteiger partial charge in [0.2, 0.25) is 60.1 Å². The minimum atomic E-state index is -4.63. The van der Waals surface area contributed by atoms with Crippen LogP contribution in [0, 0.1) is 41.5 Å². The van der Waals surface area contributed by atoms with Crippen LogP contribution in [0.15, 0.2) is 193 Å². The normalized spacial score (nSPS) is 16.7. The predicted molar refractivity (Wildman–Crippen MR) is 330 cm³/mol. The number of hydrogen-bond acceptors (Lipinski definition) is 13. The molecule has 0 aliphatic carbocycles. The van der Waals surface area contributed by atoms with Crippen LogP contribution in [-0.2, 0) is 73.2 Å². The van der Waals surface area contributed by atoms with Gasteiger partial charge in [0, 0.05) is 89.7 Å². The molecule has 8 rings (SSSR count). The molecule has 0 amide bonds. The van der Waals surface area contributed by atoms with Crippen LogP contribution >= 0.6 is 0 Å². The molecule has 0 aromatic heterocycles. The van der Waals surface area contributed by atoms with Gasteiger partial charge in [-0.3, -0.25) is 0 Å². The van der Waals surface area contributed by atoms with Gasteiger partial charge in [-0.25, -0.2) is 50.5 Å². The number of nitrogens with zero attached hydrogens (tertiary/aromatic N) is 6. The second-order valence-electron chi connectivity index (χ2n) is 21.3. The largest absolute Gasteiger partial charge is 0.496 e. The Labute approximate surface area is 508 Å². The summed E-state index contributed by atoms with van der Waals surface area (Å²) in [4.78, 5) is -0.984. The first kappa shape index (κ1) is 65.8. The highest BCUT2D eigenvalue weighted by atomic mass is 32.2. The van der Waals surface area contributed by atoms with E-state index in [9.17, 15) is 0 Å². The van der Waals surface area contributed by atoms with Crippen molar-refractivity contribution in [3.05, 3.63) is 208 Å². The van der Waals surface area contributed by atoms with E-state index < -0.39 is 139 Å². The molecular weight excluding hydrogens is 1220 g/mol. The average Bonchev–Trinajstić information content (AvgIpc) is 1.74. The van der Waals surface area contributed by atoms with Gasteiger partial charge < -0.3 is 4.74 Å². The molecule has 1 aliphatic heterocycles. The molecule has 7 aromatic carbocycles. The van der Waals surface area contributed by atoms with Gasteiger partial charge in [-0.1, -0.05) is 124 Å². The fourth-order valence-corrected chi connectivity index (χ4v) is 18.3. The Morgan fingerprint density at radius 2 is 0.419 bits per heavy atom. The van der Waals surface area contributed by atoms with E-state index in [1.165, 1.54) is 79.9 Å². The molecule has 0 atom stereocenters. The van der Waals surface area contributed by atoms with Crippen LogP contribution in [0.1, 0.15) is 44.5 Å². The fourth-order valence-electron chi connectivity index (χ4n) is 9.78.